The molecule has 7 heteroatoms. The lowest BCUT2D eigenvalue weighted by Crippen LogP contribution is -2.67. The molecule has 0 spiro atoms. The molecule has 4 rings (SSSR count). The van der Waals surface area contributed by atoms with Crippen molar-refractivity contribution in [3.8, 4) is 0 Å². The van der Waals surface area contributed by atoms with Gasteiger partial charge in [0.2, 0.25) is 0 Å². The first-order valence-corrected chi connectivity index (χ1v) is 15.3. The summed E-state index contributed by atoms with van der Waals surface area (Å²) in [5.41, 5.74) is 1.73. The van der Waals surface area contributed by atoms with E-state index in [1.165, 1.54) is 15.9 Å². The third-order valence-electron chi connectivity index (χ3n) is 7.81. The predicted molar refractivity (Wildman–Crippen MR) is 156 cm³/mol. The average molecular weight is 517 g/mol. The number of piperazine rings is 1. The minimum Gasteiger partial charge on any atom is -0.423 e. The van der Waals surface area contributed by atoms with Crippen LogP contribution >= 0.6 is 0 Å². The molecule has 0 unspecified atom stereocenters. The fourth-order valence-corrected chi connectivity index (χ4v) is 10.2. The van der Waals surface area contributed by atoms with Crippen LogP contribution in [0.5, 0.6) is 0 Å². The molecule has 1 aliphatic heterocycles. The molecule has 37 heavy (non-hydrogen) atoms. The Hall–Kier alpha value is -2.26. The van der Waals surface area contributed by atoms with Gasteiger partial charge in [0, 0.05) is 45.4 Å². The molecule has 1 heterocycles. The maximum absolute atomic E-state index is 9.36. The number of nitrogens with zero attached hydrogens (tertiary/aromatic N) is 2. The van der Waals surface area contributed by atoms with E-state index in [0.717, 1.165) is 32.7 Å². The van der Waals surface area contributed by atoms with Gasteiger partial charge in [0.1, 0.15) is 0 Å². The summed E-state index contributed by atoms with van der Waals surface area (Å²) in [7, 11) is -3.91. The van der Waals surface area contributed by atoms with E-state index < -0.39 is 15.4 Å². The highest BCUT2D eigenvalue weighted by Gasteiger charge is 2.50. The zero-order chi connectivity index (χ0) is 26.5. The molecule has 0 aromatic heterocycles. The van der Waals surface area contributed by atoms with Gasteiger partial charge in [0.05, 0.1) is 0 Å². The van der Waals surface area contributed by atoms with E-state index in [2.05, 4.69) is 98.2 Å². The quantitative estimate of drug-likeness (QED) is 0.429. The van der Waals surface area contributed by atoms with Crippen molar-refractivity contribution in [2.45, 2.75) is 38.8 Å². The van der Waals surface area contributed by atoms with Crippen LogP contribution in [-0.2, 0) is 4.43 Å². The van der Waals surface area contributed by atoms with E-state index in [4.69, 9.17) is 4.43 Å². The first-order chi connectivity index (χ1) is 17.7. The minimum atomic E-state index is -2.49. The number of rotatable bonds is 9. The lowest BCUT2D eigenvalue weighted by molar-refractivity contribution is 0.0906. The Balaban J connectivity index is 1.40. The van der Waals surface area contributed by atoms with Gasteiger partial charge in [-0.3, -0.25) is 9.80 Å². The molecule has 3 aromatic rings. The Bertz CT molecular complexity index is 1060. The van der Waals surface area contributed by atoms with Crippen molar-refractivity contribution in [1.29, 1.82) is 0 Å². The SMILES string of the molecule is C[C@H](c1ccc(B(O)O)cc1)N1CCN(CCO[Si](c2ccccc2)(c2ccccc2)C(C)(C)C)CC1. The molecular formula is C30H41BN2O3Si. The molecule has 0 saturated carbocycles. The highest BCUT2D eigenvalue weighted by atomic mass is 28.4. The van der Waals surface area contributed by atoms with Crippen molar-refractivity contribution in [3.05, 3.63) is 90.5 Å². The molecule has 1 fully saturated rings. The zero-order valence-electron chi connectivity index (χ0n) is 22.7. The van der Waals surface area contributed by atoms with E-state index in [0.29, 0.717) is 18.1 Å². The molecule has 3 aromatic carbocycles. The summed E-state index contributed by atoms with van der Waals surface area (Å²) < 4.78 is 7.09. The van der Waals surface area contributed by atoms with Gasteiger partial charge < -0.3 is 14.5 Å². The highest BCUT2D eigenvalue weighted by molar-refractivity contribution is 6.99. The Labute approximate surface area is 224 Å². The van der Waals surface area contributed by atoms with Gasteiger partial charge in [-0.25, -0.2) is 0 Å². The minimum absolute atomic E-state index is 0.00848. The summed E-state index contributed by atoms with van der Waals surface area (Å²) in [6, 6.07) is 29.6. The van der Waals surface area contributed by atoms with E-state index in [9.17, 15) is 10.0 Å². The molecule has 196 valence electrons. The molecule has 1 saturated heterocycles. The fourth-order valence-electron chi connectivity index (χ4n) is 5.62. The fraction of sp³-hybridized carbons (Fsp3) is 0.400. The normalized spacial score (nSPS) is 16.5. The number of hydrogen-bond acceptors (Lipinski definition) is 5. The molecular weight excluding hydrogens is 475 g/mol. The largest absolute Gasteiger partial charge is 0.488 e. The summed E-state index contributed by atoms with van der Waals surface area (Å²) in [6.07, 6.45) is 0. The van der Waals surface area contributed by atoms with Crippen molar-refractivity contribution in [3.63, 3.8) is 0 Å². The Morgan fingerprint density at radius 3 is 1.78 bits per heavy atom. The first-order valence-electron chi connectivity index (χ1n) is 13.4. The molecule has 0 amide bonds. The van der Waals surface area contributed by atoms with Crippen LogP contribution in [-0.4, -0.2) is 74.6 Å². The predicted octanol–water partition coefficient (Wildman–Crippen LogP) is 2.62. The van der Waals surface area contributed by atoms with Crippen LogP contribution in [0.2, 0.25) is 5.04 Å². The molecule has 0 bridgehead atoms. The van der Waals surface area contributed by atoms with Crippen LogP contribution in [0, 0.1) is 0 Å². The Morgan fingerprint density at radius 2 is 1.32 bits per heavy atom. The van der Waals surface area contributed by atoms with Gasteiger partial charge in [0.25, 0.3) is 8.32 Å². The molecule has 1 atom stereocenters. The van der Waals surface area contributed by atoms with Gasteiger partial charge >= 0.3 is 7.12 Å². The second-order valence-electron chi connectivity index (χ2n) is 11.1. The van der Waals surface area contributed by atoms with Crippen molar-refractivity contribution in [2.75, 3.05) is 39.3 Å². The summed E-state index contributed by atoms with van der Waals surface area (Å²) in [6.45, 7) is 14.9. The summed E-state index contributed by atoms with van der Waals surface area (Å²) >= 11 is 0. The van der Waals surface area contributed by atoms with Crippen LogP contribution < -0.4 is 15.8 Å². The van der Waals surface area contributed by atoms with Crippen molar-refractivity contribution in [2.24, 2.45) is 0 Å². The van der Waals surface area contributed by atoms with Crippen LogP contribution in [0.1, 0.15) is 39.3 Å². The van der Waals surface area contributed by atoms with Crippen molar-refractivity contribution in [1.82, 2.24) is 9.80 Å². The number of benzene rings is 3. The summed E-state index contributed by atoms with van der Waals surface area (Å²) in [5, 5.41) is 21.4. The monoisotopic (exact) mass is 516 g/mol. The van der Waals surface area contributed by atoms with Crippen molar-refractivity contribution < 1.29 is 14.5 Å². The molecule has 2 N–H and O–H groups in total. The summed E-state index contributed by atoms with van der Waals surface area (Å²) in [4.78, 5) is 5.02. The standard InChI is InChI=1S/C30H41BN2O3Si/c1-25(26-15-17-27(18-16-26)31(34)35)33-21-19-32(20-22-33)23-24-36-37(30(2,3)4,28-11-7-5-8-12-28)29-13-9-6-10-14-29/h5-18,25,34-35H,19-24H2,1-4H3/t25-/m1/s1. The van der Waals surface area contributed by atoms with E-state index >= 15 is 0 Å². The third-order valence-corrected chi connectivity index (χ3v) is 12.9. The van der Waals surface area contributed by atoms with Crippen LogP contribution in [0.25, 0.3) is 0 Å². The third kappa shape index (κ3) is 6.25. The first kappa shape index (κ1) is 27.8. The van der Waals surface area contributed by atoms with Crippen LogP contribution in [0.4, 0.5) is 0 Å². The number of hydrogen-bond donors (Lipinski definition) is 2. The average Bonchev–Trinajstić information content (AvgIpc) is 2.91. The molecule has 0 aliphatic carbocycles. The van der Waals surface area contributed by atoms with Crippen LogP contribution in [0.15, 0.2) is 84.9 Å². The highest BCUT2D eigenvalue weighted by Crippen LogP contribution is 2.36. The topological polar surface area (TPSA) is 56.2 Å². The van der Waals surface area contributed by atoms with E-state index in [-0.39, 0.29) is 5.04 Å². The lowest BCUT2D eigenvalue weighted by Gasteiger charge is -2.44. The molecule has 0 radical (unpaired) electrons. The van der Waals surface area contributed by atoms with E-state index in [1.807, 2.05) is 12.1 Å². The van der Waals surface area contributed by atoms with Gasteiger partial charge in [-0.1, -0.05) is 106 Å². The van der Waals surface area contributed by atoms with Gasteiger partial charge in [0.15, 0.2) is 0 Å². The van der Waals surface area contributed by atoms with Gasteiger partial charge in [-0.15, -0.1) is 0 Å². The Kier molecular flexibility index (Phi) is 9.06. The zero-order valence-corrected chi connectivity index (χ0v) is 23.7. The molecule has 5 nitrogen and oxygen atoms in total. The summed E-state index contributed by atoms with van der Waals surface area (Å²) in [5.74, 6) is 0. The van der Waals surface area contributed by atoms with Crippen molar-refractivity contribution >= 4 is 31.3 Å². The Morgan fingerprint density at radius 1 is 0.811 bits per heavy atom. The second kappa shape index (κ2) is 12.1. The van der Waals surface area contributed by atoms with E-state index in [1.54, 1.807) is 12.1 Å². The maximum atomic E-state index is 9.36. The maximum Gasteiger partial charge on any atom is 0.488 e. The smallest absolute Gasteiger partial charge is 0.423 e. The second-order valence-corrected chi connectivity index (χ2v) is 15.4. The van der Waals surface area contributed by atoms with Crippen LogP contribution in [0.3, 0.4) is 0 Å². The molecule has 1 aliphatic rings. The van der Waals surface area contributed by atoms with Gasteiger partial charge in [-0.2, -0.15) is 0 Å². The van der Waals surface area contributed by atoms with Gasteiger partial charge in [-0.05, 0) is 33.4 Å². The lowest BCUT2D eigenvalue weighted by atomic mass is 9.80.